The molecule has 0 atom stereocenters. The molecule has 0 spiro atoms. The van der Waals surface area contributed by atoms with Crippen LogP contribution in [-0.2, 0) is 5.75 Å². The van der Waals surface area contributed by atoms with Crippen molar-refractivity contribution in [3.63, 3.8) is 0 Å². The fourth-order valence-electron chi connectivity index (χ4n) is 1.07. The molecule has 0 aromatic carbocycles. The SMILES string of the molecule is N#Cc1ncccc1CSc1nnc(N)s1. The van der Waals surface area contributed by atoms with Gasteiger partial charge in [0.1, 0.15) is 11.8 Å². The van der Waals surface area contributed by atoms with E-state index in [-0.39, 0.29) is 0 Å². The maximum absolute atomic E-state index is 8.85. The van der Waals surface area contributed by atoms with Crippen molar-refractivity contribution in [3.05, 3.63) is 29.6 Å². The zero-order chi connectivity index (χ0) is 11.4. The molecule has 0 unspecified atom stereocenters. The summed E-state index contributed by atoms with van der Waals surface area (Å²) in [6, 6.07) is 5.74. The minimum atomic E-state index is 0.451. The van der Waals surface area contributed by atoms with Crippen LogP contribution < -0.4 is 5.73 Å². The van der Waals surface area contributed by atoms with Crippen molar-refractivity contribution in [2.45, 2.75) is 10.1 Å². The van der Waals surface area contributed by atoms with Crippen molar-refractivity contribution in [2.75, 3.05) is 5.73 Å². The molecule has 0 aliphatic heterocycles. The highest BCUT2D eigenvalue weighted by atomic mass is 32.2. The molecular formula is C9H7N5S2. The van der Waals surface area contributed by atoms with E-state index in [2.05, 4.69) is 21.3 Å². The van der Waals surface area contributed by atoms with E-state index >= 15 is 0 Å². The van der Waals surface area contributed by atoms with Crippen LogP contribution in [0.4, 0.5) is 5.13 Å². The van der Waals surface area contributed by atoms with Gasteiger partial charge < -0.3 is 5.73 Å². The van der Waals surface area contributed by atoms with Gasteiger partial charge >= 0.3 is 0 Å². The number of nitrogens with zero attached hydrogens (tertiary/aromatic N) is 4. The first kappa shape index (κ1) is 10.9. The van der Waals surface area contributed by atoms with Crippen LogP contribution in [-0.4, -0.2) is 15.2 Å². The number of hydrogen-bond acceptors (Lipinski definition) is 7. The Kier molecular flexibility index (Phi) is 3.34. The lowest BCUT2D eigenvalue weighted by Crippen LogP contribution is -1.90. The van der Waals surface area contributed by atoms with E-state index in [9.17, 15) is 0 Å². The van der Waals surface area contributed by atoms with Crippen molar-refractivity contribution in [1.82, 2.24) is 15.2 Å². The Morgan fingerprint density at radius 2 is 2.38 bits per heavy atom. The summed E-state index contributed by atoms with van der Waals surface area (Å²) in [5, 5.41) is 16.9. The second-order valence-electron chi connectivity index (χ2n) is 2.82. The maximum Gasteiger partial charge on any atom is 0.203 e. The highest BCUT2D eigenvalue weighted by Crippen LogP contribution is 2.27. The highest BCUT2D eigenvalue weighted by molar-refractivity contribution is 8.00. The van der Waals surface area contributed by atoms with Gasteiger partial charge in [0.05, 0.1) is 0 Å². The quantitative estimate of drug-likeness (QED) is 0.832. The normalized spacial score (nSPS) is 9.94. The molecule has 0 radical (unpaired) electrons. The number of anilines is 1. The Balaban J connectivity index is 2.08. The maximum atomic E-state index is 8.85. The van der Waals surface area contributed by atoms with Crippen molar-refractivity contribution in [3.8, 4) is 6.07 Å². The van der Waals surface area contributed by atoms with Gasteiger partial charge in [-0.25, -0.2) is 4.98 Å². The van der Waals surface area contributed by atoms with Crippen LogP contribution in [0.25, 0.3) is 0 Å². The topological polar surface area (TPSA) is 88.5 Å². The summed E-state index contributed by atoms with van der Waals surface area (Å²) >= 11 is 2.83. The lowest BCUT2D eigenvalue weighted by atomic mass is 10.2. The molecule has 0 bridgehead atoms. The Morgan fingerprint density at radius 1 is 1.50 bits per heavy atom. The van der Waals surface area contributed by atoms with Gasteiger partial charge in [-0.2, -0.15) is 5.26 Å². The van der Waals surface area contributed by atoms with Gasteiger partial charge in [-0.15, -0.1) is 10.2 Å². The fraction of sp³-hybridized carbons (Fsp3) is 0.111. The largest absolute Gasteiger partial charge is 0.374 e. The molecule has 2 aromatic rings. The molecular weight excluding hydrogens is 242 g/mol. The molecule has 0 aliphatic carbocycles. The molecule has 2 N–H and O–H groups in total. The third-order valence-electron chi connectivity index (χ3n) is 1.77. The lowest BCUT2D eigenvalue weighted by molar-refractivity contribution is 1.02. The standard InChI is InChI=1S/C9H7N5S2/c10-4-7-6(2-1-3-12-7)5-15-9-14-13-8(11)16-9/h1-3H,5H2,(H2,11,13). The number of thioether (sulfide) groups is 1. The smallest absolute Gasteiger partial charge is 0.203 e. The lowest BCUT2D eigenvalue weighted by Gasteiger charge is -1.99. The van der Waals surface area contributed by atoms with Gasteiger partial charge in [0.15, 0.2) is 4.34 Å². The third kappa shape index (κ3) is 2.48. The van der Waals surface area contributed by atoms with Crippen LogP contribution in [0.1, 0.15) is 11.3 Å². The summed E-state index contributed by atoms with van der Waals surface area (Å²) in [4.78, 5) is 3.98. The zero-order valence-corrected chi connectivity index (χ0v) is 9.75. The first-order valence-corrected chi connectivity index (χ1v) is 6.15. The molecule has 0 aliphatic rings. The van der Waals surface area contributed by atoms with Gasteiger partial charge in [0.2, 0.25) is 5.13 Å². The second kappa shape index (κ2) is 4.92. The predicted molar refractivity (Wildman–Crippen MR) is 62.8 cm³/mol. The van der Waals surface area contributed by atoms with Crippen molar-refractivity contribution < 1.29 is 0 Å². The fourth-order valence-corrected chi connectivity index (χ4v) is 2.70. The number of pyridine rings is 1. The second-order valence-corrected chi connectivity index (χ2v) is 5.05. The summed E-state index contributed by atoms with van der Waals surface area (Å²) < 4.78 is 0.797. The first-order chi connectivity index (χ1) is 7.79. The molecule has 2 heterocycles. The molecule has 16 heavy (non-hydrogen) atoms. The number of hydrogen-bond donors (Lipinski definition) is 1. The minimum Gasteiger partial charge on any atom is -0.374 e. The zero-order valence-electron chi connectivity index (χ0n) is 8.12. The summed E-state index contributed by atoms with van der Waals surface area (Å²) in [5.74, 6) is 0.644. The highest BCUT2D eigenvalue weighted by Gasteiger charge is 2.06. The van der Waals surface area contributed by atoms with E-state index in [1.54, 1.807) is 6.20 Å². The Morgan fingerprint density at radius 3 is 3.06 bits per heavy atom. The van der Waals surface area contributed by atoms with E-state index in [0.29, 0.717) is 16.6 Å². The van der Waals surface area contributed by atoms with Crippen LogP contribution in [0.5, 0.6) is 0 Å². The van der Waals surface area contributed by atoms with Gasteiger partial charge in [0.25, 0.3) is 0 Å². The molecule has 2 rings (SSSR count). The third-order valence-corrected chi connectivity index (χ3v) is 3.70. The molecule has 80 valence electrons. The van der Waals surface area contributed by atoms with Gasteiger partial charge in [-0.3, -0.25) is 0 Å². The minimum absolute atomic E-state index is 0.451. The number of nitrogens with two attached hydrogens (primary N) is 1. The van der Waals surface area contributed by atoms with E-state index < -0.39 is 0 Å². The Labute approximate surface area is 100 Å². The van der Waals surface area contributed by atoms with Crippen molar-refractivity contribution >= 4 is 28.2 Å². The van der Waals surface area contributed by atoms with Gasteiger partial charge in [-0.05, 0) is 11.6 Å². The van der Waals surface area contributed by atoms with E-state index in [0.717, 1.165) is 9.90 Å². The molecule has 2 aromatic heterocycles. The Hall–Kier alpha value is -1.65. The molecule has 0 amide bonds. The predicted octanol–water partition coefficient (Wildman–Crippen LogP) is 1.68. The van der Waals surface area contributed by atoms with E-state index in [1.807, 2.05) is 12.1 Å². The summed E-state index contributed by atoms with van der Waals surface area (Å²) in [7, 11) is 0. The first-order valence-electron chi connectivity index (χ1n) is 4.35. The van der Waals surface area contributed by atoms with Crippen LogP contribution in [0.15, 0.2) is 22.7 Å². The van der Waals surface area contributed by atoms with Crippen molar-refractivity contribution in [2.24, 2.45) is 0 Å². The summed E-state index contributed by atoms with van der Waals surface area (Å²) in [6.45, 7) is 0. The number of rotatable bonds is 3. The van der Waals surface area contributed by atoms with E-state index in [1.165, 1.54) is 23.1 Å². The summed E-state index contributed by atoms with van der Waals surface area (Å²) in [5.41, 5.74) is 6.81. The van der Waals surface area contributed by atoms with Gasteiger partial charge in [0, 0.05) is 11.9 Å². The number of aromatic nitrogens is 3. The molecule has 0 saturated heterocycles. The average Bonchev–Trinajstić information content (AvgIpc) is 2.73. The Bertz CT molecular complexity index is 531. The van der Waals surface area contributed by atoms with Crippen LogP contribution >= 0.6 is 23.1 Å². The van der Waals surface area contributed by atoms with Gasteiger partial charge in [-0.1, -0.05) is 29.2 Å². The average molecular weight is 249 g/mol. The van der Waals surface area contributed by atoms with Crippen LogP contribution in [0.2, 0.25) is 0 Å². The summed E-state index contributed by atoms with van der Waals surface area (Å²) in [6.07, 6.45) is 1.61. The van der Waals surface area contributed by atoms with Crippen LogP contribution in [0, 0.1) is 11.3 Å². The molecule has 5 nitrogen and oxygen atoms in total. The number of nitriles is 1. The molecule has 0 fully saturated rings. The number of nitrogen functional groups attached to an aromatic ring is 1. The van der Waals surface area contributed by atoms with Crippen LogP contribution in [0.3, 0.4) is 0 Å². The van der Waals surface area contributed by atoms with E-state index in [4.69, 9.17) is 11.0 Å². The molecule has 7 heteroatoms. The monoisotopic (exact) mass is 249 g/mol. The molecule has 0 saturated carbocycles. The van der Waals surface area contributed by atoms with Crippen molar-refractivity contribution in [1.29, 1.82) is 5.26 Å².